The summed E-state index contributed by atoms with van der Waals surface area (Å²) < 4.78 is 5.07. The highest BCUT2D eigenvalue weighted by Crippen LogP contribution is 2.28. The molecule has 7 heteroatoms. The van der Waals surface area contributed by atoms with Gasteiger partial charge in [-0.15, -0.1) is 0 Å². The third-order valence-corrected chi connectivity index (χ3v) is 2.33. The number of anilines is 1. The molecule has 0 aliphatic heterocycles. The number of halogens is 1. The molecule has 1 heterocycles. The molecular formula is C10H15ClN4O2. The Morgan fingerprint density at radius 2 is 2.29 bits per heavy atom. The highest BCUT2D eigenvalue weighted by atomic mass is 35.5. The Morgan fingerprint density at radius 3 is 2.88 bits per heavy atom. The second kappa shape index (κ2) is 6.24. The minimum atomic E-state index is -0.435. The third kappa shape index (κ3) is 3.45. The fourth-order valence-electron chi connectivity index (χ4n) is 1.23. The molecule has 2 N–H and O–H groups in total. The standard InChI is InChI=1S/C10H15ClN4O2/c1-4-12-10(16)6(2)15-9-7(17-3)8(11)13-5-14-9/h5-6H,4H2,1-3H3,(H,12,16)(H,13,14,15). The van der Waals surface area contributed by atoms with Crippen molar-refractivity contribution in [3.05, 3.63) is 11.5 Å². The number of carbonyl (C=O) groups excluding carboxylic acids is 1. The van der Waals surface area contributed by atoms with Crippen LogP contribution in [0.4, 0.5) is 5.82 Å². The quantitative estimate of drug-likeness (QED) is 0.773. The maximum absolute atomic E-state index is 11.5. The second-order valence-corrected chi connectivity index (χ2v) is 3.66. The number of likely N-dealkylation sites (N-methyl/N-ethyl adjacent to an activating group) is 1. The maximum atomic E-state index is 11.5. The van der Waals surface area contributed by atoms with Crippen LogP contribution in [0, 0.1) is 0 Å². The first-order chi connectivity index (χ1) is 8.10. The van der Waals surface area contributed by atoms with Gasteiger partial charge in [0.1, 0.15) is 12.4 Å². The van der Waals surface area contributed by atoms with Gasteiger partial charge in [0.2, 0.25) is 5.91 Å². The molecule has 0 spiro atoms. The van der Waals surface area contributed by atoms with Crippen molar-refractivity contribution in [1.29, 1.82) is 0 Å². The van der Waals surface area contributed by atoms with Crippen molar-refractivity contribution in [3.8, 4) is 5.75 Å². The Labute approximate surface area is 105 Å². The van der Waals surface area contributed by atoms with E-state index in [9.17, 15) is 4.79 Å². The maximum Gasteiger partial charge on any atom is 0.242 e. The van der Waals surface area contributed by atoms with Crippen LogP contribution in [0.5, 0.6) is 5.75 Å². The molecule has 1 aromatic rings. The Bertz CT molecular complexity index is 400. The van der Waals surface area contributed by atoms with E-state index < -0.39 is 6.04 Å². The van der Waals surface area contributed by atoms with Gasteiger partial charge in [-0.25, -0.2) is 9.97 Å². The van der Waals surface area contributed by atoms with Gasteiger partial charge in [-0.05, 0) is 13.8 Å². The monoisotopic (exact) mass is 258 g/mol. The van der Waals surface area contributed by atoms with Crippen molar-refractivity contribution < 1.29 is 9.53 Å². The van der Waals surface area contributed by atoms with E-state index in [0.29, 0.717) is 18.1 Å². The third-order valence-electron chi connectivity index (χ3n) is 2.06. The number of carbonyl (C=O) groups is 1. The van der Waals surface area contributed by atoms with Crippen LogP contribution in [0.25, 0.3) is 0 Å². The van der Waals surface area contributed by atoms with Crippen LogP contribution in [-0.2, 0) is 4.79 Å². The molecule has 0 saturated carbocycles. The Kier molecular flexibility index (Phi) is 4.96. The fraction of sp³-hybridized carbons (Fsp3) is 0.500. The largest absolute Gasteiger partial charge is 0.490 e. The van der Waals surface area contributed by atoms with Crippen molar-refractivity contribution in [1.82, 2.24) is 15.3 Å². The van der Waals surface area contributed by atoms with Crippen LogP contribution in [-0.4, -0.2) is 35.6 Å². The van der Waals surface area contributed by atoms with Crippen LogP contribution >= 0.6 is 11.6 Å². The van der Waals surface area contributed by atoms with Crippen LogP contribution in [0.3, 0.4) is 0 Å². The number of ether oxygens (including phenoxy) is 1. The van der Waals surface area contributed by atoms with E-state index in [1.807, 2.05) is 6.92 Å². The Balaban J connectivity index is 2.81. The molecule has 17 heavy (non-hydrogen) atoms. The molecule has 1 amide bonds. The van der Waals surface area contributed by atoms with Crippen LogP contribution in [0.2, 0.25) is 5.15 Å². The van der Waals surface area contributed by atoms with Crippen molar-refractivity contribution >= 4 is 23.3 Å². The lowest BCUT2D eigenvalue weighted by Gasteiger charge is -2.15. The summed E-state index contributed by atoms with van der Waals surface area (Å²) in [6.45, 7) is 4.15. The van der Waals surface area contributed by atoms with Gasteiger partial charge in [-0.3, -0.25) is 4.79 Å². The van der Waals surface area contributed by atoms with Gasteiger partial charge in [-0.1, -0.05) is 11.6 Å². The Morgan fingerprint density at radius 1 is 1.59 bits per heavy atom. The fourth-order valence-corrected chi connectivity index (χ4v) is 1.44. The lowest BCUT2D eigenvalue weighted by Crippen LogP contribution is -2.37. The molecule has 0 bridgehead atoms. The van der Waals surface area contributed by atoms with Crippen LogP contribution in [0.15, 0.2) is 6.33 Å². The van der Waals surface area contributed by atoms with Gasteiger partial charge < -0.3 is 15.4 Å². The van der Waals surface area contributed by atoms with Crippen molar-refractivity contribution in [2.45, 2.75) is 19.9 Å². The lowest BCUT2D eigenvalue weighted by atomic mass is 10.3. The second-order valence-electron chi connectivity index (χ2n) is 3.31. The molecule has 0 saturated heterocycles. The van der Waals surface area contributed by atoms with Gasteiger partial charge >= 0.3 is 0 Å². The number of rotatable bonds is 5. The summed E-state index contributed by atoms with van der Waals surface area (Å²) in [6, 6.07) is -0.435. The summed E-state index contributed by atoms with van der Waals surface area (Å²) in [5, 5.41) is 5.82. The zero-order valence-corrected chi connectivity index (χ0v) is 10.7. The average Bonchev–Trinajstić information content (AvgIpc) is 2.29. The van der Waals surface area contributed by atoms with Gasteiger partial charge in [0.25, 0.3) is 0 Å². The predicted octanol–water partition coefficient (Wildman–Crippen LogP) is 1.08. The number of nitrogens with one attached hydrogen (secondary N) is 2. The molecule has 94 valence electrons. The van der Waals surface area contributed by atoms with E-state index >= 15 is 0 Å². The van der Waals surface area contributed by atoms with Gasteiger partial charge in [-0.2, -0.15) is 0 Å². The van der Waals surface area contributed by atoms with Crippen molar-refractivity contribution in [2.24, 2.45) is 0 Å². The summed E-state index contributed by atoms with van der Waals surface area (Å²) in [7, 11) is 1.46. The van der Waals surface area contributed by atoms with E-state index in [2.05, 4.69) is 20.6 Å². The summed E-state index contributed by atoms with van der Waals surface area (Å²) >= 11 is 5.84. The SMILES string of the molecule is CCNC(=O)C(C)Nc1ncnc(Cl)c1OC. The molecule has 6 nitrogen and oxygen atoms in total. The summed E-state index contributed by atoms with van der Waals surface area (Å²) in [6.07, 6.45) is 1.30. The first kappa shape index (κ1) is 13.5. The molecule has 0 radical (unpaired) electrons. The summed E-state index contributed by atoms with van der Waals surface area (Å²) in [5.74, 6) is 0.598. The molecule has 0 aliphatic rings. The zero-order chi connectivity index (χ0) is 12.8. The minimum absolute atomic E-state index is 0.121. The van der Waals surface area contributed by atoms with E-state index in [1.165, 1.54) is 13.4 Å². The number of aromatic nitrogens is 2. The number of hydrogen-bond donors (Lipinski definition) is 2. The molecule has 0 fully saturated rings. The molecule has 1 atom stereocenters. The molecule has 0 aliphatic carbocycles. The van der Waals surface area contributed by atoms with E-state index in [0.717, 1.165) is 0 Å². The molecular weight excluding hydrogens is 244 g/mol. The highest BCUT2D eigenvalue weighted by Gasteiger charge is 2.16. The van der Waals surface area contributed by atoms with Crippen molar-refractivity contribution in [3.63, 3.8) is 0 Å². The predicted molar refractivity (Wildman–Crippen MR) is 65.4 cm³/mol. The molecule has 1 unspecified atom stereocenters. The minimum Gasteiger partial charge on any atom is -0.490 e. The van der Waals surface area contributed by atoms with E-state index in [1.54, 1.807) is 6.92 Å². The van der Waals surface area contributed by atoms with Crippen molar-refractivity contribution in [2.75, 3.05) is 19.0 Å². The first-order valence-corrected chi connectivity index (χ1v) is 5.56. The number of hydrogen-bond acceptors (Lipinski definition) is 5. The molecule has 1 rings (SSSR count). The summed E-state index contributed by atoms with van der Waals surface area (Å²) in [5.41, 5.74) is 0. The topological polar surface area (TPSA) is 76.1 Å². The highest BCUT2D eigenvalue weighted by molar-refractivity contribution is 6.31. The normalized spacial score (nSPS) is 11.8. The average molecular weight is 259 g/mol. The lowest BCUT2D eigenvalue weighted by molar-refractivity contribution is -0.121. The summed E-state index contributed by atoms with van der Waals surface area (Å²) in [4.78, 5) is 19.3. The van der Waals surface area contributed by atoms with E-state index in [-0.39, 0.29) is 11.1 Å². The first-order valence-electron chi connectivity index (χ1n) is 5.18. The van der Waals surface area contributed by atoms with E-state index in [4.69, 9.17) is 16.3 Å². The van der Waals surface area contributed by atoms with Crippen LogP contribution in [0.1, 0.15) is 13.8 Å². The molecule has 1 aromatic heterocycles. The Hall–Kier alpha value is -1.56. The number of nitrogens with zero attached hydrogens (tertiary/aromatic N) is 2. The smallest absolute Gasteiger partial charge is 0.242 e. The zero-order valence-electron chi connectivity index (χ0n) is 9.95. The van der Waals surface area contributed by atoms with Gasteiger partial charge in [0, 0.05) is 6.54 Å². The number of methoxy groups -OCH3 is 1. The number of amides is 1. The van der Waals surface area contributed by atoms with Crippen LogP contribution < -0.4 is 15.4 Å². The van der Waals surface area contributed by atoms with Gasteiger partial charge in [0.15, 0.2) is 16.7 Å². The van der Waals surface area contributed by atoms with Gasteiger partial charge in [0.05, 0.1) is 7.11 Å². The molecule has 0 aromatic carbocycles.